The summed E-state index contributed by atoms with van der Waals surface area (Å²) in [6.45, 7) is 4.28. The summed E-state index contributed by atoms with van der Waals surface area (Å²) in [5.74, 6) is 1.19. The Bertz CT molecular complexity index is 664. The third kappa shape index (κ3) is 3.47. The monoisotopic (exact) mass is 296 g/mol. The quantitative estimate of drug-likeness (QED) is 0.845. The molecule has 0 fully saturated rings. The molecule has 2 N–H and O–H groups in total. The van der Waals surface area contributed by atoms with Crippen molar-refractivity contribution in [3.63, 3.8) is 0 Å². The molecule has 0 aliphatic heterocycles. The molecule has 1 aromatic heterocycles. The van der Waals surface area contributed by atoms with Crippen molar-refractivity contribution in [3.05, 3.63) is 30.1 Å². The normalized spacial score (nSPS) is 11.3. The summed E-state index contributed by atoms with van der Waals surface area (Å²) in [5, 5.41) is 6.30. The van der Waals surface area contributed by atoms with Gasteiger partial charge in [0.05, 0.1) is 11.5 Å². The highest BCUT2D eigenvalue weighted by Crippen LogP contribution is 2.18. The summed E-state index contributed by atoms with van der Waals surface area (Å²) in [6, 6.07) is 6.20. The Labute approximate surface area is 117 Å². The predicted octanol–water partition coefficient (Wildman–Crippen LogP) is 1.70. The van der Waals surface area contributed by atoms with Gasteiger partial charge in [0, 0.05) is 0 Å². The van der Waals surface area contributed by atoms with Crippen molar-refractivity contribution in [1.29, 1.82) is 0 Å². The zero-order valence-corrected chi connectivity index (χ0v) is 12.1. The van der Waals surface area contributed by atoms with Gasteiger partial charge in [-0.1, -0.05) is 6.92 Å². The second-order valence-electron chi connectivity index (χ2n) is 4.17. The van der Waals surface area contributed by atoms with Gasteiger partial charge in [0.1, 0.15) is 11.6 Å². The van der Waals surface area contributed by atoms with E-state index in [9.17, 15) is 8.42 Å². The van der Waals surface area contributed by atoms with Gasteiger partial charge in [-0.3, -0.25) is 5.10 Å². The van der Waals surface area contributed by atoms with E-state index in [-0.39, 0.29) is 10.8 Å². The largest absolute Gasteiger partial charge is 0.494 e. The third-order valence-corrected chi connectivity index (χ3v) is 3.77. The van der Waals surface area contributed by atoms with Gasteiger partial charge in [0.25, 0.3) is 16.0 Å². The van der Waals surface area contributed by atoms with Crippen LogP contribution in [-0.4, -0.2) is 30.2 Å². The van der Waals surface area contributed by atoms with E-state index < -0.39 is 10.0 Å². The first kappa shape index (κ1) is 14.3. The predicted molar refractivity (Wildman–Crippen MR) is 74.2 cm³/mol. The van der Waals surface area contributed by atoms with Gasteiger partial charge in [-0.25, -0.2) is 13.1 Å². The van der Waals surface area contributed by atoms with Gasteiger partial charge < -0.3 is 4.74 Å². The van der Waals surface area contributed by atoms with Crippen LogP contribution in [0.15, 0.2) is 29.2 Å². The first-order valence-electron chi connectivity index (χ1n) is 6.16. The highest BCUT2D eigenvalue weighted by atomic mass is 32.2. The lowest BCUT2D eigenvalue weighted by Crippen LogP contribution is -2.14. The first-order valence-corrected chi connectivity index (χ1v) is 7.64. The summed E-state index contributed by atoms with van der Waals surface area (Å²) in [4.78, 5) is 4.03. The number of H-pyrrole nitrogens is 1. The molecule has 2 aromatic rings. The van der Waals surface area contributed by atoms with Gasteiger partial charge in [-0.15, -0.1) is 5.10 Å². The Balaban J connectivity index is 2.13. The van der Waals surface area contributed by atoms with Crippen LogP contribution in [0.5, 0.6) is 5.75 Å². The molecule has 2 rings (SSSR count). The second kappa shape index (κ2) is 5.91. The molecule has 7 nitrogen and oxygen atoms in total. The molecule has 0 aliphatic carbocycles. The molecule has 0 bridgehead atoms. The van der Waals surface area contributed by atoms with Crippen LogP contribution >= 0.6 is 0 Å². The molecule has 1 heterocycles. The van der Waals surface area contributed by atoms with E-state index in [1.807, 2.05) is 6.92 Å². The molecule has 0 saturated carbocycles. The van der Waals surface area contributed by atoms with E-state index in [0.717, 1.165) is 6.42 Å². The van der Waals surface area contributed by atoms with Gasteiger partial charge in [0.2, 0.25) is 0 Å². The van der Waals surface area contributed by atoms with Crippen LogP contribution in [0.4, 0.5) is 5.95 Å². The Morgan fingerprint density at radius 3 is 2.55 bits per heavy atom. The van der Waals surface area contributed by atoms with Gasteiger partial charge >= 0.3 is 0 Å². The number of aromatic amines is 1. The first-order chi connectivity index (χ1) is 9.51. The van der Waals surface area contributed by atoms with Crippen molar-refractivity contribution in [2.75, 3.05) is 11.3 Å². The molecule has 20 heavy (non-hydrogen) atoms. The number of rotatable bonds is 6. The molecule has 0 amide bonds. The van der Waals surface area contributed by atoms with E-state index in [4.69, 9.17) is 4.74 Å². The molecule has 8 heteroatoms. The van der Waals surface area contributed by atoms with Crippen molar-refractivity contribution in [3.8, 4) is 5.75 Å². The smallest absolute Gasteiger partial charge is 0.264 e. The van der Waals surface area contributed by atoms with Crippen molar-refractivity contribution in [2.45, 2.75) is 25.2 Å². The molecule has 0 atom stereocenters. The molecule has 108 valence electrons. The fourth-order valence-corrected chi connectivity index (χ4v) is 2.45. The molecule has 1 aromatic carbocycles. The lowest BCUT2D eigenvalue weighted by atomic mass is 10.3. The lowest BCUT2D eigenvalue weighted by molar-refractivity contribution is 0.317. The maximum Gasteiger partial charge on any atom is 0.264 e. The Morgan fingerprint density at radius 2 is 2.00 bits per heavy atom. The highest BCUT2D eigenvalue weighted by Gasteiger charge is 2.16. The number of aromatic nitrogens is 3. The minimum atomic E-state index is -3.69. The van der Waals surface area contributed by atoms with Crippen LogP contribution in [0.2, 0.25) is 0 Å². The molecule has 0 unspecified atom stereocenters. The van der Waals surface area contributed by atoms with Crippen molar-refractivity contribution in [1.82, 2.24) is 15.2 Å². The van der Waals surface area contributed by atoms with Crippen molar-refractivity contribution >= 4 is 16.0 Å². The number of nitrogens with zero attached hydrogens (tertiary/aromatic N) is 2. The lowest BCUT2D eigenvalue weighted by Gasteiger charge is -2.07. The molecule has 0 spiro atoms. The van der Waals surface area contributed by atoms with Gasteiger partial charge in [-0.05, 0) is 37.6 Å². The molecule has 0 aliphatic rings. The zero-order valence-electron chi connectivity index (χ0n) is 11.3. The molecular weight excluding hydrogens is 280 g/mol. The van der Waals surface area contributed by atoms with Crippen molar-refractivity contribution in [2.24, 2.45) is 0 Å². The van der Waals surface area contributed by atoms with Crippen LogP contribution in [0.1, 0.15) is 19.2 Å². The highest BCUT2D eigenvalue weighted by molar-refractivity contribution is 7.92. The maximum atomic E-state index is 12.1. The molecule has 0 saturated heterocycles. The fraction of sp³-hybridized carbons (Fsp3) is 0.333. The second-order valence-corrected chi connectivity index (χ2v) is 5.85. The summed E-state index contributed by atoms with van der Waals surface area (Å²) < 4.78 is 31.9. The number of nitrogens with one attached hydrogen (secondary N) is 2. The standard InChI is InChI=1S/C12H16N4O3S/c1-3-8-19-10-4-6-11(7-5-10)20(17,18)16-12-13-9(2)14-15-12/h4-7H,3,8H2,1-2H3,(H2,13,14,15,16). The van der Waals surface area contributed by atoms with E-state index >= 15 is 0 Å². The number of anilines is 1. The minimum Gasteiger partial charge on any atom is -0.494 e. The summed E-state index contributed by atoms with van der Waals surface area (Å²) in [7, 11) is -3.69. The maximum absolute atomic E-state index is 12.1. The number of aryl methyl sites for hydroxylation is 1. The zero-order chi connectivity index (χ0) is 14.6. The van der Waals surface area contributed by atoms with E-state index in [2.05, 4.69) is 19.9 Å². The Kier molecular flexibility index (Phi) is 4.23. The van der Waals surface area contributed by atoms with Gasteiger partial charge in [0.15, 0.2) is 0 Å². The number of benzene rings is 1. The van der Waals surface area contributed by atoms with Crippen molar-refractivity contribution < 1.29 is 13.2 Å². The van der Waals surface area contributed by atoms with Gasteiger partial charge in [-0.2, -0.15) is 4.98 Å². The van der Waals surface area contributed by atoms with Crippen LogP contribution in [0.3, 0.4) is 0 Å². The Hall–Kier alpha value is -2.09. The van der Waals surface area contributed by atoms with Crippen LogP contribution in [-0.2, 0) is 10.0 Å². The number of ether oxygens (including phenoxy) is 1. The van der Waals surface area contributed by atoms with E-state index in [0.29, 0.717) is 18.2 Å². The average Bonchev–Trinajstić information content (AvgIpc) is 2.81. The number of hydrogen-bond acceptors (Lipinski definition) is 5. The number of sulfonamides is 1. The van der Waals surface area contributed by atoms with E-state index in [1.165, 1.54) is 12.1 Å². The Morgan fingerprint density at radius 1 is 1.30 bits per heavy atom. The van der Waals surface area contributed by atoms with Crippen LogP contribution < -0.4 is 9.46 Å². The topological polar surface area (TPSA) is 97.0 Å². The molecular formula is C12H16N4O3S. The summed E-state index contributed by atoms with van der Waals surface area (Å²) in [6.07, 6.45) is 0.895. The SMILES string of the molecule is CCCOc1ccc(S(=O)(=O)Nc2n[nH]c(C)n2)cc1. The van der Waals surface area contributed by atoms with Crippen LogP contribution in [0, 0.1) is 6.92 Å². The number of hydrogen-bond donors (Lipinski definition) is 2. The summed E-state index contributed by atoms with van der Waals surface area (Å²) >= 11 is 0. The minimum absolute atomic E-state index is 0.0220. The fourth-order valence-electron chi connectivity index (χ4n) is 1.50. The van der Waals surface area contributed by atoms with Crippen LogP contribution in [0.25, 0.3) is 0 Å². The summed E-state index contributed by atoms with van der Waals surface area (Å²) in [5.41, 5.74) is 0. The van der Waals surface area contributed by atoms with E-state index in [1.54, 1.807) is 19.1 Å². The molecule has 0 radical (unpaired) electrons. The average molecular weight is 296 g/mol. The third-order valence-electron chi connectivity index (χ3n) is 2.43.